The predicted molar refractivity (Wildman–Crippen MR) is 83.3 cm³/mol. The number of likely N-dealkylation sites (N-methyl/N-ethyl adjacent to an activating group) is 1. The van der Waals surface area contributed by atoms with E-state index >= 15 is 0 Å². The van der Waals surface area contributed by atoms with Gasteiger partial charge >= 0.3 is 0 Å². The Hall–Kier alpha value is -1.30. The second-order valence-corrected chi connectivity index (χ2v) is 6.37. The van der Waals surface area contributed by atoms with E-state index in [2.05, 4.69) is 15.2 Å². The van der Waals surface area contributed by atoms with E-state index in [4.69, 9.17) is 4.74 Å². The van der Waals surface area contributed by atoms with E-state index < -0.39 is 0 Å². The van der Waals surface area contributed by atoms with Gasteiger partial charge in [0, 0.05) is 40.8 Å². The van der Waals surface area contributed by atoms with Crippen LogP contribution in [0.1, 0.15) is 25.7 Å². The molecule has 1 spiro atoms. The number of hydrogen-bond donors (Lipinski definition) is 1. The van der Waals surface area contributed by atoms with Gasteiger partial charge in [-0.25, -0.2) is 4.99 Å². The first-order valence-corrected chi connectivity index (χ1v) is 7.79. The first kappa shape index (κ1) is 16.1. The highest BCUT2D eigenvalue weighted by molar-refractivity contribution is 5.85. The molecule has 2 rings (SSSR count). The number of methoxy groups -OCH3 is 1. The Kier molecular flexibility index (Phi) is 5.45. The molecule has 6 heteroatoms. The van der Waals surface area contributed by atoms with Crippen LogP contribution < -0.4 is 5.32 Å². The Morgan fingerprint density at radius 1 is 1.38 bits per heavy atom. The van der Waals surface area contributed by atoms with Crippen molar-refractivity contribution in [1.29, 1.82) is 0 Å². The molecule has 0 radical (unpaired) electrons. The van der Waals surface area contributed by atoms with E-state index in [-0.39, 0.29) is 12.5 Å². The minimum absolute atomic E-state index is 0.0265. The molecule has 120 valence electrons. The monoisotopic (exact) mass is 296 g/mol. The molecule has 1 heterocycles. The second kappa shape index (κ2) is 7.11. The molecule has 0 atom stereocenters. The summed E-state index contributed by atoms with van der Waals surface area (Å²) in [6.45, 7) is 3.66. The first-order chi connectivity index (χ1) is 10.1. The minimum Gasteiger partial charge on any atom is -0.383 e. The van der Waals surface area contributed by atoms with Gasteiger partial charge in [0.1, 0.15) is 6.54 Å². The van der Waals surface area contributed by atoms with Crippen LogP contribution in [-0.2, 0) is 9.53 Å². The lowest BCUT2D eigenvalue weighted by atomic mass is 9.68. The molecule has 0 aromatic carbocycles. The molecule has 1 saturated heterocycles. The summed E-state index contributed by atoms with van der Waals surface area (Å²) in [4.78, 5) is 20.1. The number of carbonyl (C=O) groups excluding carboxylic acids is 1. The molecule has 2 aliphatic rings. The van der Waals surface area contributed by atoms with Gasteiger partial charge in [-0.15, -0.1) is 0 Å². The van der Waals surface area contributed by atoms with Crippen LogP contribution >= 0.6 is 0 Å². The fraction of sp³-hybridized carbons (Fsp3) is 0.867. The van der Waals surface area contributed by atoms with Crippen molar-refractivity contribution in [3.8, 4) is 0 Å². The summed E-state index contributed by atoms with van der Waals surface area (Å²) in [5.41, 5.74) is 0.523. The molecule has 1 N–H and O–H groups in total. The van der Waals surface area contributed by atoms with Gasteiger partial charge < -0.3 is 19.9 Å². The van der Waals surface area contributed by atoms with Gasteiger partial charge in [-0.3, -0.25) is 4.79 Å². The highest BCUT2D eigenvalue weighted by Crippen LogP contribution is 2.47. The number of likely N-dealkylation sites (tertiary alicyclic amines) is 1. The molecule has 0 bridgehead atoms. The van der Waals surface area contributed by atoms with Crippen molar-refractivity contribution >= 4 is 11.9 Å². The van der Waals surface area contributed by atoms with Crippen LogP contribution in [0.15, 0.2) is 4.99 Å². The van der Waals surface area contributed by atoms with Crippen LogP contribution in [-0.4, -0.2) is 75.7 Å². The van der Waals surface area contributed by atoms with Crippen molar-refractivity contribution in [2.45, 2.75) is 25.7 Å². The summed E-state index contributed by atoms with van der Waals surface area (Å²) >= 11 is 0. The molecule has 1 aliphatic carbocycles. The van der Waals surface area contributed by atoms with E-state index in [0.717, 1.165) is 25.6 Å². The normalized spacial score (nSPS) is 20.5. The molecule has 1 saturated carbocycles. The number of ether oxygens (including phenoxy) is 1. The van der Waals surface area contributed by atoms with Crippen molar-refractivity contribution in [3.05, 3.63) is 0 Å². The Labute approximate surface area is 127 Å². The Morgan fingerprint density at radius 3 is 2.67 bits per heavy atom. The number of hydrogen-bond acceptors (Lipinski definition) is 3. The molecule has 2 fully saturated rings. The fourth-order valence-electron chi connectivity index (χ4n) is 3.02. The Morgan fingerprint density at radius 2 is 2.14 bits per heavy atom. The third kappa shape index (κ3) is 4.09. The number of nitrogens with zero attached hydrogens (tertiary/aromatic N) is 3. The zero-order valence-electron chi connectivity index (χ0n) is 13.5. The number of rotatable bonds is 5. The number of amides is 1. The van der Waals surface area contributed by atoms with E-state index in [1.54, 1.807) is 26.1 Å². The first-order valence-electron chi connectivity index (χ1n) is 7.79. The quantitative estimate of drug-likeness (QED) is 0.457. The van der Waals surface area contributed by atoms with Crippen molar-refractivity contribution in [2.24, 2.45) is 10.4 Å². The summed E-state index contributed by atoms with van der Waals surface area (Å²) in [6.07, 6.45) is 5.28. The number of guanidine groups is 1. The number of aliphatic imine (C=N–C) groups is 1. The maximum atomic E-state index is 11.7. The van der Waals surface area contributed by atoms with E-state index in [9.17, 15) is 4.79 Å². The largest absolute Gasteiger partial charge is 0.383 e. The average molecular weight is 296 g/mol. The Balaban J connectivity index is 1.94. The van der Waals surface area contributed by atoms with Gasteiger partial charge in [-0.1, -0.05) is 6.42 Å². The lowest BCUT2D eigenvalue weighted by Gasteiger charge is -2.38. The van der Waals surface area contributed by atoms with Crippen molar-refractivity contribution in [2.75, 3.05) is 54.0 Å². The second-order valence-electron chi connectivity index (χ2n) is 6.37. The smallest absolute Gasteiger partial charge is 0.243 e. The van der Waals surface area contributed by atoms with Gasteiger partial charge in [0.25, 0.3) is 0 Å². The van der Waals surface area contributed by atoms with E-state index in [0.29, 0.717) is 12.0 Å². The van der Waals surface area contributed by atoms with Gasteiger partial charge in [-0.2, -0.15) is 0 Å². The molecular formula is C15H28N4O2. The summed E-state index contributed by atoms with van der Waals surface area (Å²) < 4.78 is 5.08. The molecule has 6 nitrogen and oxygen atoms in total. The number of nitrogens with one attached hydrogen (secondary N) is 1. The molecule has 0 aromatic heterocycles. The zero-order chi connectivity index (χ0) is 15.3. The van der Waals surface area contributed by atoms with Crippen LogP contribution in [0.4, 0.5) is 0 Å². The number of carbonyl (C=O) groups is 1. The van der Waals surface area contributed by atoms with Crippen LogP contribution in [0.3, 0.4) is 0 Å². The predicted octanol–water partition coefficient (Wildman–Crippen LogP) is 0.543. The van der Waals surface area contributed by atoms with Gasteiger partial charge in [0.05, 0.1) is 6.61 Å². The topological polar surface area (TPSA) is 57.2 Å². The standard InChI is InChI=1S/C15H28N4O2/c1-18(2)13(20)11-17-14(16-8-10-21-3)19-9-7-15(12-19)5-4-6-15/h4-12H2,1-3H3,(H,16,17). The highest BCUT2D eigenvalue weighted by Gasteiger charge is 2.43. The summed E-state index contributed by atoms with van der Waals surface area (Å²) in [5.74, 6) is 0.879. The highest BCUT2D eigenvalue weighted by atomic mass is 16.5. The third-order valence-corrected chi connectivity index (χ3v) is 4.60. The SMILES string of the molecule is COCCNC(=NCC(=O)N(C)C)N1CCC2(CCC2)C1. The van der Waals surface area contributed by atoms with Crippen LogP contribution in [0.5, 0.6) is 0 Å². The van der Waals surface area contributed by atoms with Gasteiger partial charge in [-0.05, 0) is 24.7 Å². The van der Waals surface area contributed by atoms with Crippen molar-refractivity contribution in [1.82, 2.24) is 15.1 Å². The fourth-order valence-corrected chi connectivity index (χ4v) is 3.02. The molecule has 0 aromatic rings. The van der Waals surface area contributed by atoms with Gasteiger partial charge in [0.15, 0.2) is 5.96 Å². The summed E-state index contributed by atoms with van der Waals surface area (Å²) in [5, 5.41) is 3.32. The van der Waals surface area contributed by atoms with E-state index in [1.807, 2.05) is 0 Å². The van der Waals surface area contributed by atoms with Gasteiger partial charge in [0.2, 0.25) is 5.91 Å². The van der Waals surface area contributed by atoms with Crippen LogP contribution in [0.2, 0.25) is 0 Å². The van der Waals surface area contributed by atoms with E-state index in [1.165, 1.54) is 25.7 Å². The molecule has 1 amide bonds. The molecule has 1 aliphatic heterocycles. The maximum Gasteiger partial charge on any atom is 0.243 e. The third-order valence-electron chi connectivity index (χ3n) is 4.60. The van der Waals surface area contributed by atoms with Crippen LogP contribution in [0, 0.1) is 5.41 Å². The van der Waals surface area contributed by atoms with Crippen LogP contribution in [0.25, 0.3) is 0 Å². The summed E-state index contributed by atoms with van der Waals surface area (Å²) in [6, 6.07) is 0. The molecule has 0 unspecified atom stereocenters. The molecule has 21 heavy (non-hydrogen) atoms. The lowest BCUT2D eigenvalue weighted by molar-refractivity contribution is -0.127. The minimum atomic E-state index is 0.0265. The summed E-state index contributed by atoms with van der Waals surface area (Å²) in [7, 11) is 5.21. The van der Waals surface area contributed by atoms with Crippen molar-refractivity contribution < 1.29 is 9.53 Å². The Bertz CT molecular complexity index is 391. The molecular weight excluding hydrogens is 268 g/mol. The lowest BCUT2D eigenvalue weighted by Crippen LogP contribution is -2.44. The zero-order valence-corrected chi connectivity index (χ0v) is 13.5. The van der Waals surface area contributed by atoms with Crippen molar-refractivity contribution in [3.63, 3.8) is 0 Å². The average Bonchev–Trinajstić information content (AvgIpc) is 2.87. The maximum absolute atomic E-state index is 11.7.